The number of hydrogen-bond donors (Lipinski definition) is 1. The van der Waals surface area contributed by atoms with Gasteiger partial charge in [-0.15, -0.1) is 4.90 Å². The fourth-order valence-corrected chi connectivity index (χ4v) is 0.262. The van der Waals surface area contributed by atoms with Crippen LogP contribution in [-0.2, 0) is 0 Å². The van der Waals surface area contributed by atoms with Crippen molar-refractivity contribution in [2.75, 3.05) is 7.05 Å². The summed E-state index contributed by atoms with van der Waals surface area (Å²) >= 11 is 0. The van der Waals surface area contributed by atoms with Crippen molar-refractivity contribution in [3.8, 4) is 0 Å². The zero-order valence-corrected chi connectivity index (χ0v) is 5.39. The van der Waals surface area contributed by atoms with E-state index in [1.165, 1.54) is 13.8 Å². The van der Waals surface area contributed by atoms with E-state index in [9.17, 15) is 0 Å². The Morgan fingerprint density at radius 2 is 1.38 bits per heavy atom. The van der Waals surface area contributed by atoms with Gasteiger partial charge in [0.25, 0.3) is 0 Å². The average Bonchev–Trinajstić information content (AvgIpc) is 1.64. The van der Waals surface area contributed by atoms with Crippen molar-refractivity contribution in [2.24, 2.45) is 0 Å². The van der Waals surface area contributed by atoms with Gasteiger partial charge in [-0.1, -0.05) is 0 Å². The number of hydrogen-bond acceptors (Lipinski definition) is 0. The quantitative estimate of drug-likeness (QED) is 0.378. The second-order valence-corrected chi connectivity index (χ2v) is 1.80. The molecule has 3 N–H and O–H groups in total. The molecule has 0 saturated carbocycles. The number of carbonyl (C=O) groups excluding carboxylic acids is 2. The Balaban J connectivity index is 3.83. The molecule has 0 spiro atoms. The molecule has 0 aromatic heterocycles. The Labute approximate surface area is 48.3 Å². The second-order valence-electron chi connectivity index (χ2n) is 1.80. The van der Waals surface area contributed by atoms with E-state index in [4.69, 9.17) is 9.59 Å². The van der Waals surface area contributed by atoms with E-state index in [0.717, 1.165) is 0 Å². The lowest BCUT2D eigenvalue weighted by atomic mass is 10.5. The molecular formula is C5H12NO2+3. The zero-order valence-electron chi connectivity index (χ0n) is 5.39. The van der Waals surface area contributed by atoms with Gasteiger partial charge in [0, 0.05) is 0 Å². The topological polar surface area (TPSA) is 47.2 Å². The third-order valence-electron chi connectivity index (χ3n) is 1.09. The van der Waals surface area contributed by atoms with Gasteiger partial charge in [0.15, 0.2) is 0 Å². The first kappa shape index (κ1) is 7.30. The number of amides is 2. The van der Waals surface area contributed by atoms with Crippen LogP contribution in [0.5, 0.6) is 0 Å². The van der Waals surface area contributed by atoms with Gasteiger partial charge in [-0.05, 0) is 0 Å². The van der Waals surface area contributed by atoms with Crippen molar-refractivity contribution in [1.82, 2.24) is 0 Å². The minimum atomic E-state index is 0.171. The van der Waals surface area contributed by atoms with Crippen LogP contribution in [0.1, 0.15) is 13.8 Å². The third-order valence-corrected chi connectivity index (χ3v) is 1.09. The smallest absolute Gasteiger partial charge is 0.230 e. The van der Waals surface area contributed by atoms with Gasteiger partial charge in [0.05, 0.1) is 7.05 Å². The monoisotopic (exact) mass is 118 g/mol. The van der Waals surface area contributed by atoms with Crippen LogP contribution in [0, 0.1) is 0 Å². The molecule has 0 aliphatic carbocycles. The number of nitrogens with one attached hydrogen (secondary N) is 1. The summed E-state index contributed by atoms with van der Waals surface area (Å²) in [7, 11) is 1.66. The van der Waals surface area contributed by atoms with Crippen molar-refractivity contribution in [3.05, 3.63) is 0 Å². The van der Waals surface area contributed by atoms with E-state index in [-0.39, 0.29) is 11.8 Å². The van der Waals surface area contributed by atoms with Crippen LogP contribution in [-0.4, -0.2) is 28.5 Å². The summed E-state index contributed by atoms with van der Waals surface area (Å²) in [6.07, 6.45) is 0. The van der Waals surface area contributed by atoms with Crippen molar-refractivity contribution < 1.29 is 14.5 Å². The molecule has 2 amide bonds. The SMILES string of the molecule is CC(=[OH+])[NH+](C)C(C)=[OH+]. The van der Waals surface area contributed by atoms with Gasteiger partial charge in [-0.25, -0.2) is 9.59 Å². The summed E-state index contributed by atoms with van der Waals surface area (Å²) in [4.78, 5) is 17.9. The van der Waals surface area contributed by atoms with Crippen LogP contribution >= 0.6 is 0 Å². The first-order valence-electron chi connectivity index (χ1n) is 2.45. The highest BCUT2D eigenvalue weighted by Crippen LogP contribution is 1.47. The van der Waals surface area contributed by atoms with Gasteiger partial charge >= 0.3 is 11.8 Å². The maximum atomic E-state index is 8.69. The normalized spacial score (nSPS) is 12.9. The second kappa shape index (κ2) is 2.57. The fraction of sp³-hybridized carbons (Fsp3) is 0.600. The molecule has 0 atom stereocenters. The predicted octanol–water partition coefficient (Wildman–Crippen LogP) is -1.45. The Morgan fingerprint density at radius 1 is 1.12 bits per heavy atom. The lowest BCUT2D eigenvalue weighted by molar-refractivity contribution is -0.686. The maximum Gasteiger partial charge on any atom is 0.487 e. The highest BCUT2D eigenvalue weighted by atomic mass is 16.2. The summed E-state index contributed by atoms with van der Waals surface area (Å²) in [5, 5.41) is 0. The molecule has 0 rings (SSSR count). The summed E-state index contributed by atoms with van der Waals surface area (Å²) in [5.41, 5.74) is 0. The van der Waals surface area contributed by atoms with Gasteiger partial charge in [0.2, 0.25) is 0 Å². The molecule has 0 bridgehead atoms. The Kier molecular flexibility index (Phi) is 2.34. The molecule has 0 saturated heterocycles. The van der Waals surface area contributed by atoms with E-state index in [0.29, 0.717) is 4.90 Å². The number of imide groups is 1. The Morgan fingerprint density at radius 3 is 1.38 bits per heavy atom. The molecule has 46 valence electrons. The predicted molar refractivity (Wildman–Crippen MR) is 32.1 cm³/mol. The van der Waals surface area contributed by atoms with Crippen LogP contribution in [0.15, 0.2) is 0 Å². The third kappa shape index (κ3) is 1.84. The summed E-state index contributed by atoms with van der Waals surface area (Å²) in [6, 6.07) is 0. The summed E-state index contributed by atoms with van der Waals surface area (Å²) in [5.74, 6) is 0.343. The highest BCUT2D eigenvalue weighted by molar-refractivity contribution is 5.78. The summed E-state index contributed by atoms with van der Waals surface area (Å²) in [6.45, 7) is 3.07. The molecule has 8 heavy (non-hydrogen) atoms. The lowest BCUT2D eigenvalue weighted by Gasteiger charge is -1.89. The minimum absolute atomic E-state index is 0.171. The first-order valence-corrected chi connectivity index (χ1v) is 2.45. The molecular weight excluding hydrogens is 106 g/mol. The summed E-state index contributed by atoms with van der Waals surface area (Å²) < 4.78 is 0. The minimum Gasteiger partial charge on any atom is -0.230 e. The Bertz CT molecular complexity index is 106. The van der Waals surface area contributed by atoms with Crippen molar-refractivity contribution in [2.45, 2.75) is 13.8 Å². The van der Waals surface area contributed by atoms with Crippen LogP contribution in [0.3, 0.4) is 0 Å². The van der Waals surface area contributed by atoms with E-state index >= 15 is 0 Å². The molecule has 3 nitrogen and oxygen atoms in total. The molecule has 0 radical (unpaired) electrons. The van der Waals surface area contributed by atoms with E-state index in [1.807, 2.05) is 0 Å². The van der Waals surface area contributed by atoms with Gasteiger partial charge < -0.3 is 0 Å². The van der Waals surface area contributed by atoms with Crippen molar-refractivity contribution >= 4 is 11.8 Å². The molecule has 3 heteroatoms. The van der Waals surface area contributed by atoms with Crippen molar-refractivity contribution in [3.63, 3.8) is 0 Å². The Hall–Kier alpha value is -0.700. The number of quaternary nitrogens is 1. The highest BCUT2D eigenvalue weighted by Gasteiger charge is 2.23. The molecule has 0 heterocycles. The standard InChI is InChI=1S/C5H9NO2/c1-4(7)6(3)5(2)8/h1-3H3/p+3. The van der Waals surface area contributed by atoms with Gasteiger partial charge in [-0.3, -0.25) is 0 Å². The van der Waals surface area contributed by atoms with E-state index in [1.54, 1.807) is 7.05 Å². The van der Waals surface area contributed by atoms with Gasteiger partial charge in [-0.2, -0.15) is 0 Å². The molecule has 0 unspecified atom stereocenters. The van der Waals surface area contributed by atoms with E-state index in [2.05, 4.69) is 0 Å². The molecule has 0 aromatic rings. The molecule has 0 aromatic carbocycles. The molecule has 0 aliphatic rings. The molecule has 0 aliphatic heterocycles. The van der Waals surface area contributed by atoms with Crippen molar-refractivity contribution in [1.29, 1.82) is 0 Å². The maximum absolute atomic E-state index is 8.69. The fourth-order valence-electron chi connectivity index (χ4n) is 0.262. The first-order chi connectivity index (χ1) is 3.55. The van der Waals surface area contributed by atoms with Crippen LogP contribution in [0.2, 0.25) is 0 Å². The van der Waals surface area contributed by atoms with Crippen LogP contribution in [0.4, 0.5) is 0 Å². The largest absolute Gasteiger partial charge is 0.487 e. The average molecular weight is 118 g/mol. The van der Waals surface area contributed by atoms with Crippen LogP contribution in [0.25, 0.3) is 0 Å². The van der Waals surface area contributed by atoms with Crippen LogP contribution < -0.4 is 4.90 Å². The van der Waals surface area contributed by atoms with Gasteiger partial charge in [0.1, 0.15) is 13.8 Å². The zero-order chi connectivity index (χ0) is 6.73. The lowest BCUT2D eigenvalue weighted by Crippen LogP contribution is -3.13. The number of rotatable bonds is 0. The molecule has 0 fully saturated rings. The van der Waals surface area contributed by atoms with E-state index < -0.39 is 0 Å².